The third-order valence-electron chi connectivity index (χ3n) is 7.51. The molecular weight excluding hydrogens is 638 g/mol. The molecule has 2 aromatic rings. The van der Waals surface area contributed by atoms with Crippen LogP contribution in [-0.2, 0) is 32.1 Å². The van der Waals surface area contributed by atoms with Crippen molar-refractivity contribution in [3.63, 3.8) is 0 Å². The first-order valence-electron chi connectivity index (χ1n) is 16.1. The molecule has 13 nitrogen and oxygen atoms in total. The number of likely N-dealkylation sites (N-methyl/N-ethyl adjacent to an activating group) is 1. The summed E-state index contributed by atoms with van der Waals surface area (Å²) in [5.74, 6) is -1.49. The predicted octanol–water partition coefficient (Wildman–Crippen LogP) is 2.48. The number of guanidine groups is 1. The number of amides is 4. The Kier molecular flexibility index (Phi) is 17.2. The van der Waals surface area contributed by atoms with E-state index in [-0.39, 0.29) is 43.8 Å². The number of ether oxygens (including phenoxy) is 1. The van der Waals surface area contributed by atoms with Crippen LogP contribution in [0.25, 0.3) is 0 Å². The van der Waals surface area contributed by atoms with Crippen LogP contribution in [0.3, 0.4) is 0 Å². The molecule has 0 heterocycles. The average molecular weight is 688 g/mol. The van der Waals surface area contributed by atoms with Gasteiger partial charge in [0.05, 0.1) is 18.6 Å². The molecular formula is C34H50ClN7O6. The first-order valence-corrected chi connectivity index (χ1v) is 16.4. The van der Waals surface area contributed by atoms with Gasteiger partial charge >= 0.3 is 6.09 Å². The van der Waals surface area contributed by atoms with Crippen molar-refractivity contribution >= 4 is 41.4 Å². The quantitative estimate of drug-likeness (QED) is 0.0734. The van der Waals surface area contributed by atoms with Crippen molar-refractivity contribution in [3.05, 3.63) is 70.7 Å². The van der Waals surface area contributed by atoms with Gasteiger partial charge in [-0.15, -0.1) is 0 Å². The minimum atomic E-state index is -1.16. The SMILES string of the molecule is CC(C)C[C@H](NC(=O)[C@H](C)NC(=O)[C@H](CCCN=C(N)N)N(C)C(=O)OCc1ccccc1)[C@@H](O)CC(=O)NCCc1ccc(Cl)cc1. The van der Waals surface area contributed by atoms with Crippen LogP contribution in [0.1, 0.15) is 57.6 Å². The summed E-state index contributed by atoms with van der Waals surface area (Å²) in [6, 6.07) is 13.7. The monoisotopic (exact) mass is 687 g/mol. The number of nitrogens with two attached hydrogens (primary N) is 2. The molecule has 4 atom stereocenters. The molecule has 0 saturated carbocycles. The highest BCUT2D eigenvalue weighted by atomic mass is 35.5. The molecule has 14 heteroatoms. The normalized spacial score (nSPS) is 13.4. The summed E-state index contributed by atoms with van der Waals surface area (Å²) >= 11 is 5.92. The fraction of sp³-hybridized carbons (Fsp3) is 0.500. The summed E-state index contributed by atoms with van der Waals surface area (Å²) in [6.07, 6.45) is -0.542. The van der Waals surface area contributed by atoms with Crippen LogP contribution in [0, 0.1) is 5.92 Å². The van der Waals surface area contributed by atoms with Crippen LogP contribution in [0.4, 0.5) is 4.79 Å². The van der Waals surface area contributed by atoms with Gasteiger partial charge in [0.25, 0.3) is 0 Å². The number of aliphatic hydroxyl groups is 1. The molecule has 0 spiro atoms. The first kappa shape index (κ1) is 39.8. The molecule has 0 aromatic heterocycles. The van der Waals surface area contributed by atoms with E-state index < -0.39 is 42.1 Å². The van der Waals surface area contributed by atoms with Crippen molar-refractivity contribution in [2.75, 3.05) is 20.1 Å². The third kappa shape index (κ3) is 15.0. The van der Waals surface area contributed by atoms with Crippen molar-refractivity contribution < 1.29 is 29.0 Å². The zero-order valence-corrected chi connectivity index (χ0v) is 28.9. The van der Waals surface area contributed by atoms with Gasteiger partial charge in [0, 0.05) is 25.2 Å². The first-order chi connectivity index (χ1) is 22.8. The van der Waals surface area contributed by atoms with E-state index in [9.17, 15) is 24.3 Å². The molecule has 264 valence electrons. The second-order valence-corrected chi connectivity index (χ2v) is 12.5. The van der Waals surface area contributed by atoms with E-state index in [0.717, 1.165) is 11.1 Å². The van der Waals surface area contributed by atoms with Crippen molar-refractivity contribution in [1.82, 2.24) is 20.9 Å². The lowest BCUT2D eigenvalue weighted by atomic mass is 9.96. The number of nitrogens with zero attached hydrogens (tertiary/aromatic N) is 2. The second kappa shape index (κ2) is 20.8. The summed E-state index contributed by atoms with van der Waals surface area (Å²) < 4.78 is 5.41. The Morgan fingerprint density at radius 3 is 2.25 bits per heavy atom. The van der Waals surface area contributed by atoms with Gasteiger partial charge in [-0.1, -0.05) is 67.9 Å². The molecule has 0 unspecified atom stereocenters. The van der Waals surface area contributed by atoms with Crippen LogP contribution < -0.4 is 27.4 Å². The summed E-state index contributed by atoms with van der Waals surface area (Å²) in [4.78, 5) is 57.3. The number of aliphatic hydroxyl groups excluding tert-OH is 1. The van der Waals surface area contributed by atoms with Crippen LogP contribution in [0.5, 0.6) is 0 Å². The maximum Gasteiger partial charge on any atom is 0.410 e. The highest BCUT2D eigenvalue weighted by Crippen LogP contribution is 2.14. The summed E-state index contributed by atoms with van der Waals surface area (Å²) in [7, 11) is 1.44. The fourth-order valence-corrected chi connectivity index (χ4v) is 4.97. The van der Waals surface area contributed by atoms with Crippen LogP contribution in [0.15, 0.2) is 59.6 Å². The van der Waals surface area contributed by atoms with E-state index in [1.165, 1.54) is 18.9 Å². The number of aliphatic imine (C=N–C) groups is 1. The summed E-state index contributed by atoms with van der Waals surface area (Å²) in [5.41, 5.74) is 12.6. The summed E-state index contributed by atoms with van der Waals surface area (Å²) in [6.45, 7) is 5.99. The van der Waals surface area contributed by atoms with Gasteiger partial charge in [-0.2, -0.15) is 0 Å². The molecule has 0 fully saturated rings. The number of halogens is 1. The molecule has 4 amide bonds. The zero-order valence-electron chi connectivity index (χ0n) is 28.2. The van der Waals surface area contributed by atoms with E-state index in [1.54, 1.807) is 12.1 Å². The van der Waals surface area contributed by atoms with Crippen molar-refractivity contribution in [2.24, 2.45) is 22.4 Å². The lowest BCUT2D eigenvalue weighted by molar-refractivity contribution is -0.132. The van der Waals surface area contributed by atoms with E-state index in [2.05, 4.69) is 20.9 Å². The minimum Gasteiger partial charge on any atom is -0.445 e. The Hall–Kier alpha value is -4.36. The highest BCUT2D eigenvalue weighted by Gasteiger charge is 2.31. The molecule has 0 aliphatic rings. The molecule has 0 saturated heterocycles. The van der Waals surface area contributed by atoms with E-state index in [1.807, 2.05) is 56.3 Å². The molecule has 0 aliphatic carbocycles. The minimum absolute atomic E-state index is 0.0189. The number of benzene rings is 2. The number of rotatable bonds is 19. The van der Waals surface area contributed by atoms with E-state index >= 15 is 0 Å². The lowest BCUT2D eigenvalue weighted by Crippen LogP contribution is -2.56. The fourth-order valence-electron chi connectivity index (χ4n) is 4.85. The topological polar surface area (TPSA) is 201 Å². The Balaban J connectivity index is 2.00. The van der Waals surface area contributed by atoms with Crippen LogP contribution in [-0.4, -0.2) is 84.1 Å². The molecule has 0 radical (unpaired) electrons. The maximum atomic E-state index is 13.4. The summed E-state index contributed by atoms with van der Waals surface area (Å²) in [5, 5.41) is 19.8. The van der Waals surface area contributed by atoms with Crippen molar-refractivity contribution in [2.45, 2.75) is 83.7 Å². The van der Waals surface area contributed by atoms with E-state index in [0.29, 0.717) is 30.8 Å². The smallest absolute Gasteiger partial charge is 0.410 e. The van der Waals surface area contributed by atoms with Gasteiger partial charge in [0.1, 0.15) is 18.7 Å². The number of hydrogen-bond acceptors (Lipinski definition) is 7. The van der Waals surface area contributed by atoms with Gasteiger partial charge < -0.3 is 37.3 Å². The Labute approximate surface area is 287 Å². The standard InChI is InChI=1S/C34H50ClN7O6/c1-22(2)19-27(29(43)20-30(44)38-18-16-24-12-14-26(35)15-13-24)41-31(45)23(3)40-32(46)28(11-8-17-39-33(36)37)42(4)34(47)48-21-25-9-6-5-7-10-25/h5-7,9-10,12-15,22-23,27-29,43H,8,11,16-21H2,1-4H3,(H,38,44)(H,40,46)(H,41,45)(H4,36,37,39)/t23-,27-,28-,29-/m0/s1. The van der Waals surface area contributed by atoms with Gasteiger partial charge in [0.2, 0.25) is 17.7 Å². The highest BCUT2D eigenvalue weighted by molar-refractivity contribution is 6.30. The van der Waals surface area contributed by atoms with Crippen molar-refractivity contribution in [1.29, 1.82) is 0 Å². The van der Waals surface area contributed by atoms with E-state index in [4.69, 9.17) is 27.8 Å². The van der Waals surface area contributed by atoms with Crippen molar-refractivity contribution in [3.8, 4) is 0 Å². The molecule has 2 aromatic carbocycles. The second-order valence-electron chi connectivity index (χ2n) is 12.1. The largest absolute Gasteiger partial charge is 0.445 e. The Bertz CT molecular complexity index is 1340. The number of nitrogens with one attached hydrogen (secondary N) is 3. The molecule has 0 aliphatic heterocycles. The molecule has 8 N–H and O–H groups in total. The number of carbonyl (C=O) groups is 4. The third-order valence-corrected chi connectivity index (χ3v) is 7.76. The lowest BCUT2D eigenvalue weighted by Gasteiger charge is -2.29. The molecule has 0 bridgehead atoms. The van der Waals surface area contributed by atoms with Gasteiger partial charge in [-0.25, -0.2) is 4.79 Å². The predicted molar refractivity (Wildman–Crippen MR) is 186 cm³/mol. The van der Waals surface area contributed by atoms with Gasteiger partial charge in [0.15, 0.2) is 5.96 Å². The number of carbonyl (C=O) groups excluding carboxylic acids is 4. The van der Waals surface area contributed by atoms with Crippen LogP contribution >= 0.6 is 11.6 Å². The maximum absolute atomic E-state index is 13.4. The molecule has 2 rings (SSSR count). The van der Waals surface area contributed by atoms with Gasteiger partial charge in [-0.05, 0) is 61.8 Å². The number of hydrogen-bond donors (Lipinski definition) is 6. The Morgan fingerprint density at radius 2 is 1.62 bits per heavy atom. The van der Waals surface area contributed by atoms with Crippen LogP contribution in [0.2, 0.25) is 5.02 Å². The molecule has 48 heavy (non-hydrogen) atoms. The van der Waals surface area contributed by atoms with Gasteiger partial charge in [-0.3, -0.25) is 24.3 Å². The zero-order chi connectivity index (χ0) is 35.6. The Morgan fingerprint density at radius 1 is 0.958 bits per heavy atom. The average Bonchev–Trinajstić information content (AvgIpc) is 3.03.